The molecule has 3 amide bonds. The molecule has 1 aromatic heterocycles. The molecule has 0 bridgehead atoms. The Morgan fingerprint density at radius 3 is 2.63 bits per heavy atom. The zero-order chi connectivity index (χ0) is 30.0. The van der Waals surface area contributed by atoms with Gasteiger partial charge in [0.05, 0.1) is 0 Å². The number of nitrogens with zero attached hydrogens (tertiary/aromatic N) is 4. The van der Waals surface area contributed by atoms with Gasteiger partial charge in [-0.05, 0) is 0 Å². The molecule has 0 N–H and O–H groups in total. The van der Waals surface area contributed by atoms with Gasteiger partial charge in [0.15, 0.2) is 0 Å². The van der Waals surface area contributed by atoms with Gasteiger partial charge in [-0.2, -0.15) is 0 Å². The summed E-state index contributed by atoms with van der Waals surface area (Å²) >= 11 is -1.93. The van der Waals surface area contributed by atoms with Gasteiger partial charge >= 0.3 is 254 Å². The molecule has 7 rings (SSSR count). The van der Waals surface area contributed by atoms with E-state index in [1.165, 1.54) is 41.3 Å². The van der Waals surface area contributed by atoms with E-state index in [1.54, 1.807) is 29.2 Å². The molecule has 0 spiro atoms. The predicted octanol–water partition coefficient (Wildman–Crippen LogP) is 5.15. The van der Waals surface area contributed by atoms with Gasteiger partial charge in [-0.3, -0.25) is 0 Å². The van der Waals surface area contributed by atoms with E-state index in [-0.39, 0.29) is 34.3 Å². The SMILES string of the molecule is COc1cccnc1N1C(=O)CC[C@H]1C(=O)N(c1cccc(F)c1)[C@@H]1C(=O)N(C2CC(F)(F)C2)C2CI2c2ccccc21. The Bertz CT molecular complexity index is 1630. The maximum absolute atomic E-state index is 14.8. The Morgan fingerprint density at radius 1 is 1.09 bits per heavy atom. The van der Waals surface area contributed by atoms with Crippen LogP contribution in [0, 0.1) is 9.39 Å². The van der Waals surface area contributed by atoms with Crippen LogP contribution in [-0.4, -0.2) is 61.2 Å². The number of fused-ring (bicyclic) bond motifs is 3. The number of alkyl halides is 4. The van der Waals surface area contributed by atoms with Crippen molar-refractivity contribution >= 4 is 49.0 Å². The molecule has 0 radical (unpaired) electrons. The number of aromatic nitrogens is 1. The molecule has 3 aromatic rings. The first-order valence-corrected chi connectivity index (χ1v) is 17.9. The fourth-order valence-corrected chi connectivity index (χ4v) is 13.2. The number of benzene rings is 2. The monoisotopic (exact) mass is 704 g/mol. The number of ether oxygens (including phenoxy) is 1. The van der Waals surface area contributed by atoms with Gasteiger partial charge in [0.1, 0.15) is 0 Å². The van der Waals surface area contributed by atoms with Crippen molar-refractivity contribution in [1.82, 2.24) is 9.88 Å². The topological polar surface area (TPSA) is 83.0 Å². The number of methoxy groups -OCH3 is 1. The van der Waals surface area contributed by atoms with Crippen LogP contribution in [0.3, 0.4) is 0 Å². The van der Waals surface area contributed by atoms with E-state index in [0.717, 1.165) is 8.00 Å². The number of rotatable bonds is 6. The Kier molecular flexibility index (Phi) is 6.86. The van der Waals surface area contributed by atoms with Crippen LogP contribution < -0.4 is 14.5 Å². The second-order valence-electron chi connectivity index (χ2n) is 11.1. The second kappa shape index (κ2) is 10.5. The number of carbonyl (C=O) groups is 3. The van der Waals surface area contributed by atoms with Gasteiger partial charge in [0.2, 0.25) is 0 Å². The average molecular weight is 704 g/mol. The molecular weight excluding hydrogens is 676 g/mol. The number of anilines is 2. The molecule has 43 heavy (non-hydrogen) atoms. The Hall–Kier alpha value is -3.68. The number of carbonyl (C=O) groups excluding carboxylic acids is 3. The van der Waals surface area contributed by atoms with Gasteiger partial charge in [-0.1, -0.05) is 0 Å². The number of pyridine rings is 1. The Labute approximate surface area is 253 Å². The summed E-state index contributed by atoms with van der Waals surface area (Å²) in [5.41, 5.74) is 0.779. The van der Waals surface area contributed by atoms with Crippen molar-refractivity contribution < 1.29 is 32.3 Å². The summed E-state index contributed by atoms with van der Waals surface area (Å²) in [5, 5.41) is 0. The minimum atomic E-state index is -2.84. The fraction of sp³-hybridized carbons (Fsp3) is 0.355. The van der Waals surface area contributed by atoms with E-state index >= 15 is 0 Å². The molecule has 1 aliphatic carbocycles. The summed E-state index contributed by atoms with van der Waals surface area (Å²) in [6.07, 6.45) is 0.861. The van der Waals surface area contributed by atoms with E-state index in [4.69, 9.17) is 4.74 Å². The van der Waals surface area contributed by atoms with Gasteiger partial charge in [-0.25, -0.2) is 0 Å². The van der Waals surface area contributed by atoms with Crippen LogP contribution in [0.4, 0.5) is 24.7 Å². The summed E-state index contributed by atoms with van der Waals surface area (Å²) in [5.74, 6) is -4.34. The molecule has 3 aliphatic heterocycles. The summed E-state index contributed by atoms with van der Waals surface area (Å²) in [7, 11) is 1.44. The van der Waals surface area contributed by atoms with Crippen LogP contribution in [0.1, 0.15) is 37.3 Å². The number of amides is 3. The van der Waals surface area contributed by atoms with Gasteiger partial charge < -0.3 is 0 Å². The second-order valence-corrected chi connectivity index (χ2v) is 16.9. The van der Waals surface area contributed by atoms with E-state index < -0.39 is 74.3 Å². The molecule has 224 valence electrons. The van der Waals surface area contributed by atoms with Crippen molar-refractivity contribution in [2.24, 2.45) is 0 Å². The quantitative estimate of drug-likeness (QED) is 0.202. The van der Waals surface area contributed by atoms with Gasteiger partial charge in [0, 0.05) is 0 Å². The number of hydrogen-bond acceptors (Lipinski definition) is 5. The zero-order valence-corrected chi connectivity index (χ0v) is 25.3. The summed E-state index contributed by atoms with van der Waals surface area (Å²) in [4.78, 5) is 51.1. The van der Waals surface area contributed by atoms with Crippen LogP contribution in [0.25, 0.3) is 0 Å². The summed E-state index contributed by atoms with van der Waals surface area (Å²) in [6.45, 7) is 0. The van der Waals surface area contributed by atoms with Crippen LogP contribution in [-0.2, 0) is 14.4 Å². The Balaban J connectivity index is 1.37. The first-order valence-electron chi connectivity index (χ1n) is 14.0. The normalized spacial score (nSPS) is 25.0. The first-order chi connectivity index (χ1) is 20.7. The minimum absolute atomic E-state index is 0.0591. The van der Waals surface area contributed by atoms with Crippen LogP contribution in [0.2, 0.25) is 0 Å². The number of hydrogen-bond donors (Lipinski definition) is 0. The fourth-order valence-electron chi connectivity index (χ4n) is 6.43. The van der Waals surface area contributed by atoms with Gasteiger partial charge in [-0.15, -0.1) is 0 Å². The van der Waals surface area contributed by atoms with Crippen LogP contribution in [0.5, 0.6) is 5.75 Å². The molecule has 1 saturated carbocycles. The molecule has 2 saturated heterocycles. The van der Waals surface area contributed by atoms with Gasteiger partial charge in [0.25, 0.3) is 0 Å². The molecule has 4 aliphatic rings. The van der Waals surface area contributed by atoms with Crippen molar-refractivity contribution in [3.63, 3.8) is 0 Å². The molecular formula is C31H28F3IN4O4. The predicted molar refractivity (Wildman–Crippen MR) is 161 cm³/mol. The molecule has 1 unspecified atom stereocenters. The van der Waals surface area contributed by atoms with E-state index in [0.29, 0.717) is 11.3 Å². The van der Waals surface area contributed by atoms with Crippen molar-refractivity contribution in [3.8, 4) is 5.75 Å². The van der Waals surface area contributed by atoms with Crippen molar-refractivity contribution in [3.05, 3.63) is 81.8 Å². The number of halogens is 4. The van der Waals surface area contributed by atoms with Crippen molar-refractivity contribution in [1.29, 1.82) is 0 Å². The molecule has 4 heterocycles. The molecule has 3 fully saturated rings. The molecule has 3 atom stereocenters. The third-order valence-corrected chi connectivity index (χ3v) is 14.4. The summed E-state index contributed by atoms with van der Waals surface area (Å²) in [6, 6.07) is 13.3. The van der Waals surface area contributed by atoms with E-state index in [2.05, 4.69) is 4.98 Å². The zero-order valence-electron chi connectivity index (χ0n) is 23.1. The molecule has 12 heteroatoms. The van der Waals surface area contributed by atoms with Crippen molar-refractivity contribution in [2.45, 2.75) is 53.8 Å². The average Bonchev–Trinajstić information content (AvgIpc) is 3.68. The van der Waals surface area contributed by atoms with Crippen LogP contribution >= 0.6 is 19.8 Å². The van der Waals surface area contributed by atoms with E-state index in [9.17, 15) is 27.6 Å². The maximum atomic E-state index is 14.8. The standard InChI is InChI=1S/C31H28F3IN4O4/c1-43-24-10-5-13-36-28(24)39-23(11-12-26(39)40)29(41)38(19-7-4-6-18(32)14-19)27-21-8-2-3-9-22(21)35-17-25(35)37(30(27)42)20-15-31(33,34)16-20/h2-10,13-14,20,23,25,27H,11-12,15-17H2,1H3/t23-,25?,27-/m0/s1. The molecule has 8 nitrogen and oxygen atoms in total. The van der Waals surface area contributed by atoms with Crippen LogP contribution in [0.15, 0.2) is 66.9 Å². The molecule has 2 aromatic carbocycles. The third-order valence-electron chi connectivity index (χ3n) is 8.49. The van der Waals surface area contributed by atoms with E-state index in [1.807, 2.05) is 18.2 Å². The van der Waals surface area contributed by atoms with Crippen molar-refractivity contribution in [2.75, 3.05) is 21.3 Å². The Morgan fingerprint density at radius 2 is 1.88 bits per heavy atom. The summed E-state index contributed by atoms with van der Waals surface area (Å²) < 4.78 is 50.1. The third kappa shape index (κ3) is 4.74. The first kappa shape index (κ1) is 28.1.